The molecule has 10 heteroatoms. The van der Waals surface area contributed by atoms with Crippen molar-refractivity contribution in [1.29, 1.82) is 0 Å². The fourth-order valence-corrected chi connectivity index (χ4v) is 2.33. The number of nitro benzene ring substituents is 1. The Morgan fingerprint density at radius 3 is 2.33 bits per heavy atom. The van der Waals surface area contributed by atoms with Gasteiger partial charge in [0.1, 0.15) is 22.9 Å². The zero-order valence-electron chi connectivity index (χ0n) is 12.6. The largest absolute Gasteiger partial charge is 0.497 e. The summed E-state index contributed by atoms with van der Waals surface area (Å²) in [6.07, 6.45) is 0. The standard InChI is InChI=1S/C14H12Cl2N4O4/c1-23-9-3-4-13(24-2)12(7-9)17-19-18-14-10(15)5-8(20(21)22)6-11(14)16/h3-7H,1-2H3,(H,17,18). The Kier molecular flexibility index (Phi) is 5.78. The molecule has 1 N–H and O–H groups in total. The lowest BCUT2D eigenvalue weighted by Gasteiger charge is -2.09. The van der Waals surface area contributed by atoms with Crippen LogP contribution < -0.4 is 14.9 Å². The molecule has 0 saturated carbocycles. The number of rotatable bonds is 6. The van der Waals surface area contributed by atoms with Gasteiger partial charge < -0.3 is 9.47 Å². The van der Waals surface area contributed by atoms with Gasteiger partial charge >= 0.3 is 0 Å². The van der Waals surface area contributed by atoms with Gasteiger partial charge in [-0.25, -0.2) is 0 Å². The van der Waals surface area contributed by atoms with E-state index < -0.39 is 4.92 Å². The van der Waals surface area contributed by atoms with Crippen LogP contribution >= 0.6 is 23.2 Å². The lowest BCUT2D eigenvalue weighted by Crippen LogP contribution is -1.94. The monoisotopic (exact) mass is 370 g/mol. The SMILES string of the molecule is COc1ccc(OC)c(NN=Nc2c(Cl)cc([N+](=O)[O-])cc2Cl)c1. The van der Waals surface area contributed by atoms with Crippen molar-refractivity contribution in [3.8, 4) is 11.5 Å². The minimum atomic E-state index is -0.599. The van der Waals surface area contributed by atoms with E-state index in [0.29, 0.717) is 17.2 Å². The zero-order valence-corrected chi connectivity index (χ0v) is 14.1. The fraction of sp³-hybridized carbons (Fsp3) is 0.143. The van der Waals surface area contributed by atoms with Crippen LogP contribution in [-0.2, 0) is 0 Å². The molecule has 0 aliphatic carbocycles. The first-order chi connectivity index (χ1) is 11.5. The number of nitrogens with zero attached hydrogens (tertiary/aromatic N) is 3. The molecule has 8 nitrogen and oxygen atoms in total. The van der Waals surface area contributed by atoms with Gasteiger partial charge in [0.15, 0.2) is 0 Å². The summed E-state index contributed by atoms with van der Waals surface area (Å²) in [4.78, 5) is 10.1. The molecule has 0 bridgehead atoms. The number of ether oxygens (including phenoxy) is 2. The highest BCUT2D eigenvalue weighted by molar-refractivity contribution is 6.39. The molecule has 0 radical (unpaired) electrons. The molecule has 0 aliphatic rings. The van der Waals surface area contributed by atoms with Crippen LogP contribution in [0.4, 0.5) is 17.1 Å². The van der Waals surface area contributed by atoms with E-state index in [2.05, 4.69) is 15.8 Å². The van der Waals surface area contributed by atoms with Gasteiger partial charge in [0, 0.05) is 18.2 Å². The van der Waals surface area contributed by atoms with Gasteiger partial charge in [-0.05, 0) is 12.1 Å². The van der Waals surface area contributed by atoms with Crippen molar-refractivity contribution in [3.05, 3.63) is 50.5 Å². The van der Waals surface area contributed by atoms with Gasteiger partial charge in [0.05, 0.1) is 29.2 Å². The second-order valence-corrected chi connectivity index (χ2v) is 5.21. The van der Waals surface area contributed by atoms with Crippen molar-refractivity contribution < 1.29 is 14.4 Å². The van der Waals surface area contributed by atoms with Crippen LogP contribution in [0.2, 0.25) is 10.0 Å². The predicted octanol–water partition coefficient (Wildman–Crippen LogP) is 5.03. The smallest absolute Gasteiger partial charge is 0.272 e. The number of hydrogen-bond donors (Lipinski definition) is 1. The van der Waals surface area contributed by atoms with Crippen molar-refractivity contribution in [3.63, 3.8) is 0 Å². The van der Waals surface area contributed by atoms with Gasteiger partial charge in [-0.2, -0.15) is 0 Å². The summed E-state index contributed by atoms with van der Waals surface area (Å²) in [5.41, 5.74) is 3.07. The number of methoxy groups -OCH3 is 2. The molecular formula is C14H12Cl2N4O4. The van der Waals surface area contributed by atoms with Crippen LogP contribution in [0.15, 0.2) is 40.7 Å². The van der Waals surface area contributed by atoms with Gasteiger partial charge in [0.2, 0.25) is 0 Å². The topological polar surface area (TPSA) is 98.3 Å². The first-order valence-corrected chi connectivity index (χ1v) is 7.24. The Labute approximate surface area is 147 Å². The number of nitro groups is 1. The van der Waals surface area contributed by atoms with Crippen LogP contribution in [0.5, 0.6) is 11.5 Å². The van der Waals surface area contributed by atoms with Gasteiger partial charge in [-0.3, -0.25) is 15.5 Å². The maximum atomic E-state index is 10.7. The highest BCUT2D eigenvalue weighted by atomic mass is 35.5. The molecule has 0 saturated heterocycles. The van der Waals surface area contributed by atoms with E-state index in [4.69, 9.17) is 32.7 Å². The molecule has 0 aromatic heterocycles. The number of hydrogen-bond acceptors (Lipinski definition) is 6. The Bertz CT molecular complexity index is 775. The van der Waals surface area contributed by atoms with Crippen LogP contribution in [0, 0.1) is 10.1 Å². The number of halogens is 2. The molecule has 0 amide bonds. The minimum absolute atomic E-state index is 0.0114. The van der Waals surface area contributed by atoms with Crippen LogP contribution in [0.25, 0.3) is 0 Å². The van der Waals surface area contributed by atoms with Crippen molar-refractivity contribution in [2.45, 2.75) is 0 Å². The van der Waals surface area contributed by atoms with E-state index in [1.54, 1.807) is 18.2 Å². The van der Waals surface area contributed by atoms with Gasteiger partial charge in [-0.1, -0.05) is 28.4 Å². The van der Waals surface area contributed by atoms with E-state index in [9.17, 15) is 10.1 Å². The molecule has 24 heavy (non-hydrogen) atoms. The van der Waals surface area contributed by atoms with Gasteiger partial charge in [0.25, 0.3) is 5.69 Å². The average molecular weight is 371 g/mol. The van der Waals surface area contributed by atoms with E-state index in [1.807, 2.05) is 0 Å². The molecule has 0 atom stereocenters. The van der Waals surface area contributed by atoms with Gasteiger partial charge in [-0.15, -0.1) is 5.11 Å². The second kappa shape index (κ2) is 7.80. The van der Waals surface area contributed by atoms with Crippen molar-refractivity contribution in [1.82, 2.24) is 0 Å². The van der Waals surface area contributed by atoms with Crippen molar-refractivity contribution in [2.75, 3.05) is 19.6 Å². The summed E-state index contributed by atoms with van der Waals surface area (Å²) in [5.74, 6) is 1.12. The molecular weight excluding hydrogens is 359 g/mol. The Morgan fingerprint density at radius 1 is 1.12 bits per heavy atom. The number of non-ortho nitro benzene ring substituents is 1. The Hall–Kier alpha value is -2.58. The predicted molar refractivity (Wildman–Crippen MR) is 90.8 cm³/mol. The summed E-state index contributed by atoms with van der Waals surface area (Å²) in [6, 6.07) is 7.38. The lowest BCUT2D eigenvalue weighted by molar-refractivity contribution is -0.384. The molecule has 2 aromatic rings. The Balaban J connectivity index is 2.25. The van der Waals surface area contributed by atoms with Crippen LogP contribution in [0.3, 0.4) is 0 Å². The number of nitrogens with one attached hydrogen (secondary N) is 1. The Morgan fingerprint density at radius 2 is 1.79 bits per heavy atom. The highest BCUT2D eigenvalue weighted by Crippen LogP contribution is 2.37. The maximum absolute atomic E-state index is 10.7. The minimum Gasteiger partial charge on any atom is -0.497 e. The summed E-state index contributed by atoms with van der Waals surface area (Å²) in [7, 11) is 3.04. The molecule has 126 valence electrons. The molecule has 0 heterocycles. The summed E-state index contributed by atoms with van der Waals surface area (Å²) in [5, 5.41) is 18.4. The third-order valence-electron chi connectivity index (χ3n) is 2.94. The zero-order chi connectivity index (χ0) is 17.7. The summed E-state index contributed by atoms with van der Waals surface area (Å²) < 4.78 is 10.3. The molecule has 2 rings (SSSR count). The van der Waals surface area contributed by atoms with E-state index in [0.717, 1.165) is 12.1 Å². The van der Waals surface area contributed by atoms with E-state index >= 15 is 0 Å². The molecule has 0 spiro atoms. The molecule has 0 fully saturated rings. The fourth-order valence-electron chi connectivity index (χ4n) is 1.78. The third-order valence-corrected chi connectivity index (χ3v) is 3.52. The highest BCUT2D eigenvalue weighted by Gasteiger charge is 2.14. The first kappa shape index (κ1) is 17.8. The summed E-state index contributed by atoms with van der Waals surface area (Å²) in [6.45, 7) is 0. The molecule has 0 aliphatic heterocycles. The van der Waals surface area contributed by atoms with Crippen LogP contribution in [0.1, 0.15) is 0 Å². The summed E-state index contributed by atoms with van der Waals surface area (Å²) >= 11 is 11.9. The first-order valence-electron chi connectivity index (χ1n) is 6.48. The van der Waals surface area contributed by atoms with Crippen molar-refractivity contribution >= 4 is 40.3 Å². The average Bonchev–Trinajstić information content (AvgIpc) is 2.56. The van der Waals surface area contributed by atoms with E-state index in [1.165, 1.54) is 14.2 Å². The van der Waals surface area contributed by atoms with E-state index in [-0.39, 0.29) is 21.4 Å². The quantitative estimate of drug-likeness (QED) is 0.436. The van der Waals surface area contributed by atoms with Crippen molar-refractivity contribution in [2.24, 2.45) is 10.3 Å². The lowest BCUT2D eigenvalue weighted by atomic mass is 10.3. The number of anilines is 1. The number of benzene rings is 2. The molecule has 2 aromatic carbocycles. The maximum Gasteiger partial charge on any atom is 0.272 e. The third kappa shape index (κ3) is 4.03. The molecule has 0 unspecified atom stereocenters. The van der Waals surface area contributed by atoms with Crippen LogP contribution in [-0.4, -0.2) is 19.1 Å². The second-order valence-electron chi connectivity index (χ2n) is 4.39. The normalized spacial score (nSPS) is 10.7.